The second kappa shape index (κ2) is 4.02. The average molecular weight is 246 g/mol. The smallest absolute Gasteiger partial charge is 0.316 e. The number of halogens is 1. The summed E-state index contributed by atoms with van der Waals surface area (Å²) in [4.78, 5) is 7.95. The molecule has 3 aromatic rings. The van der Waals surface area contributed by atoms with Gasteiger partial charge in [0.05, 0.1) is 5.56 Å². The maximum absolute atomic E-state index is 13.5. The maximum Gasteiger partial charge on any atom is 0.316 e. The van der Waals surface area contributed by atoms with Gasteiger partial charge in [-0.1, -0.05) is 22.4 Å². The van der Waals surface area contributed by atoms with E-state index in [2.05, 4.69) is 20.3 Å². The molecule has 0 unspecified atom stereocenters. The number of hydrogen-bond donors (Lipinski definition) is 0. The highest BCUT2D eigenvalue weighted by Gasteiger charge is 2.17. The van der Waals surface area contributed by atoms with E-state index < -0.39 is 5.82 Å². The lowest BCUT2D eigenvalue weighted by Crippen LogP contribution is -1.85. The van der Waals surface area contributed by atoms with E-state index in [1.165, 1.54) is 6.07 Å². The molecule has 0 aliphatic carbocycles. The van der Waals surface area contributed by atoms with Crippen LogP contribution in [0.25, 0.3) is 23.2 Å². The molecule has 0 N–H and O–H groups in total. The van der Waals surface area contributed by atoms with Crippen LogP contribution in [0.1, 0.15) is 5.82 Å². The predicted molar refractivity (Wildman–Crippen MR) is 57.7 cm³/mol. The van der Waals surface area contributed by atoms with Crippen molar-refractivity contribution >= 4 is 0 Å². The molecule has 0 fully saturated rings. The Kier molecular flexibility index (Phi) is 2.36. The molecular formula is C11H7FN4O2. The van der Waals surface area contributed by atoms with Crippen LogP contribution in [0.15, 0.2) is 33.3 Å². The minimum absolute atomic E-state index is 0.0638. The second-order valence-corrected chi connectivity index (χ2v) is 3.55. The highest BCUT2D eigenvalue weighted by atomic mass is 19.1. The van der Waals surface area contributed by atoms with Crippen molar-refractivity contribution in [2.24, 2.45) is 0 Å². The van der Waals surface area contributed by atoms with Crippen molar-refractivity contribution in [1.29, 1.82) is 0 Å². The third-order valence-corrected chi connectivity index (χ3v) is 2.25. The summed E-state index contributed by atoms with van der Waals surface area (Å²) < 4.78 is 23.3. The second-order valence-electron chi connectivity index (χ2n) is 3.55. The molecule has 2 aromatic heterocycles. The number of rotatable bonds is 2. The lowest BCUT2D eigenvalue weighted by atomic mass is 10.2. The van der Waals surface area contributed by atoms with Gasteiger partial charge in [0, 0.05) is 0 Å². The average Bonchev–Trinajstić information content (AvgIpc) is 2.98. The summed E-state index contributed by atoms with van der Waals surface area (Å²) in [6.07, 6.45) is 0. The van der Waals surface area contributed by atoms with E-state index in [4.69, 9.17) is 9.05 Å². The van der Waals surface area contributed by atoms with Gasteiger partial charge in [-0.15, -0.1) is 0 Å². The summed E-state index contributed by atoms with van der Waals surface area (Å²) in [5, 5.41) is 7.28. The number of hydrogen-bond acceptors (Lipinski definition) is 6. The lowest BCUT2D eigenvalue weighted by molar-refractivity contribution is 0.381. The van der Waals surface area contributed by atoms with Gasteiger partial charge in [-0.05, 0) is 19.1 Å². The number of nitrogens with zero attached hydrogens (tertiary/aromatic N) is 4. The van der Waals surface area contributed by atoms with Gasteiger partial charge >= 0.3 is 11.8 Å². The third kappa shape index (κ3) is 1.75. The van der Waals surface area contributed by atoms with Crippen molar-refractivity contribution in [1.82, 2.24) is 20.3 Å². The number of aromatic nitrogens is 4. The molecular weight excluding hydrogens is 239 g/mol. The minimum Gasteiger partial charge on any atom is -0.329 e. The van der Waals surface area contributed by atoms with E-state index >= 15 is 0 Å². The predicted octanol–water partition coefficient (Wildman–Crippen LogP) is 2.23. The molecule has 1 aromatic carbocycles. The van der Waals surface area contributed by atoms with Gasteiger partial charge in [0.25, 0.3) is 0 Å². The first kappa shape index (κ1) is 10.6. The molecule has 7 heteroatoms. The Morgan fingerprint density at radius 3 is 2.44 bits per heavy atom. The van der Waals surface area contributed by atoms with Crippen molar-refractivity contribution < 1.29 is 13.4 Å². The Morgan fingerprint density at radius 1 is 1.00 bits per heavy atom. The monoisotopic (exact) mass is 246 g/mol. The Bertz CT molecular complexity index is 692. The largest absolute Gasteiger partial charge is 0.329 e. The first-order valence-electron chi connectivity index (χ1n) is 5.13. The molecule has 0 saturated heterocycles. The molecule has 18 heavy (non-hydrogen) atoms. The van der Waals surface area contributed by atoms with Crippen molar-refractivity contribution in [2.45, 2.75) is 6.92 Å². The Hall–Kier alpha value is -2.57. The lowest BCUT2D eigenvalue weighted by Gasteiger charge is -1.94. The van der Waals surface area contributed by atoms with Crippen LogP contribution in [-0.2, 0) is 0 Å². The van der Waals surface area contributed by atoms with Gasteiger partial charge in [-0.3, -0.25) is 0 Å². The Labute approximate surface area is 100 Å². The summed E-state index contributed by atoms with van der Waals surface area (Å²) in [5.41, 5.74) is 0.253. The van der Waals surface area contributed by atoms with Crippen LogP contribution in [0.3, 0.4) is 0 Å². The molecule has 90 valence electrons. The van der Waals surface area contributed by atoms with Crippen molar-refractivity contribution in [2.75, 3.05) is 0 Å². The molecule has 0 amide bonds. The van der Waals surface area contributed by atoms with E-state index in [0.717, 1.165) is 0 Å². The quantitative estimate of drug-likeness (QED) is 0.690. The third-order valence-electron chi connectivity index (χ3n) is 2.25. The van der Waals surface area contributed by atoms with Gasteiger partial charge in [0.1, 0.15) is 5.82 Å². The zero-order valence-electron chi connectivity index (χ0n) is 9.29. The van der Waals surface area contributed by atoms with E-state index in [1.54, 1.807) is 25.1 Å². The highest BCUT2D eigenvalue weighted by Crippen LogP contribution is 2.22. The fourth-order valence-corrected chi connectivity index (χ4v) is 1.45. The van der Waals surface area contributed by atoms with Gasteiger partial charge in [-0.25, -0.2) is 4.39 Å². The number of benzene rings is 1. The highest BCUT2D eigenvalue weighted by molar-refractivity contribution is 5.56. The Balaban J connectivity index is 2.02. The SMILES string of the molecule is Cc1noc(-c2nc(-c3ccccc3F)no2)n1. The summed E-state index contributed by atoms with van der Waals surface area (Å²) in [7, 11) is 0. The number of aryl methyl sites for hydroxylation is 1. The van der Waals surface area contributed by atoms with Crippen molar-refractivity contribution in [3.63, 3.8) is 0 Å². The van der Waals surface area contributed by atoms with Gasteiger partial charge in [-0.2, -0.15) is 9.97 Å². The molecule has 0 saturated carbocycles. The van der Waals surface area contributed by atoms with Crippen molar-refractivity contribution in [3.8, 4) is 23.2 Å². The fraction of sp³-hybridized carbons (Fsp3) is 0.0909. The van der Waals surface area contributed by atoms with Gasteiger partial charge < -0.3 is 9.05 Å². The molecule has 0 aliphatic heterocycles. The van der Waals surface area contributed by atoms with Crippen molar-refractivity contribution in [3.05, 3.63) is 35.9 Å². The molecule has 0 spiro atoms. The topological polar surface area (TPSA) is 77.8 Å². The van der Waals surface area contributed by atoms with E-state index in [1.807, 2.05) is 0 Å². The van der Waals surface area contributed by atoms with Crippen LogP contribution in [-0.4, -0.2) is 20.3 Å². The molecule has 2 heterocycles. The minimum atomic E-state index is -0.424. The van der Waals surface area contributed by atoms with Crippen LogP contribution in [0.5, 0.6) is 0 Å². The normalized spacial score (nSPS) is 10.8. The molecule has 6 nitrogen and oxygen atoms in total. The first-order chi connectivity index (χ1) is 8.74. The van der Waals surface area contributed by atoms with Gasteiger partial charge in [0.15, 0.2) is 5.82 Å². The Morgan fingerprint density at radius 2 is 1.72 bits per heavy atom. The van der Waals surface area contributed by atoms with Crippen LogP contribution < -0.4 is 0 Å². The summed E-state index contributed by atoms with van der Waals surface area (Å²) in [5.74, 6) is 0.345. The summed E-state index contributed by atoms with van der Waals surface area (Å²) in [6, 6.07) is 6.15. The molecule has 0 bridgehead atoms. The van der Waals surface area contributed by atoms with Crippen LogP contribution in [0.4, 0.5) is 4.39 Å². The zero-order valence-corrected chi connectivity index (χ0v) is 9.29. The standard InChI is InChI=1S/C11H7FN4O2/c1-6-13-10(17-15-6)11-14-9(16-18-11)7-4-2-3-5-8(7)12/h2-5H,1H3. The van der Waals surface area contributed by atoms with E-state index in [0.29, 0.717) is 5.82 Å². The molecule has 0 aliphatic rings. The van der Waals surface area contributed by atoms with Crippen LogP contribution in [0, 0.1) is 12.7 Å². The maximum atomic E-state index is 13.5. The zero-order chi connectivity index (χ0) is 12.5. The van der Waals surface area contributed by atoms with E-state index in [-0.39, 0.29) is 23.2 Å². The van der Waals surface area contributed by atoms with Gasteiger partial charge in [0.2, 0.25) is 5.82 Å². The fourth-order valence-electron chi connectivity index (χ4n) is 1.45. The summed E-state index contributed by atoms with van der Waals surface area (Å²) in [6.45, 7) is 1.67. The van der Waals surface area contributed by atoms with Crippen LogP contribution in [0.2, 0.25) is 0 Å². The van der Waals surface area contributed by atoms with Crippen LogP contribution >= 0.6 is 0 Å². The molecule has 3 rings (SSSR count). The molecule has 0 atom stereocenters. The summed E-state index contributed by atoms with van der Waals surface area (Å²) >= 11 is 0. The first-order valence-corrected chi connectivity index (χ1v) is 5.13. The van der Waals surface area contributed by atoms with E-state index in [9.17, 15) is 4.39 Å². The molecule has 0 radical (unpaired) electrons.